The summed E-state index contributed by atoms with van der Waals surface area (Å²) < 4.78 is 5.23. The largest absolute Gasteiger partial charge is 0.482 e. The fourth-order valence-electron chi connectivity index (χ4n) is 1.78. The Morgan fingerprint density at radius 3 is 3.11 bits per heavy atom. The van der Waals surface area contributed by atoms with E-state index in [1.165, 1.54) is 11.8 Å². The molecule has 1 aromatic rings. The van der Waals surface area contributed by atoms with Crippen LogP contribution < -0.4 is 10.1 Å². The number of ketones is 1. The summed E-state index contributed by atoms with van der Waals surface area (Å²) in [5.74, 6) is 0.852. The van der Waals surface area contributed by atoms with Gasteiger partial charge in [-0.3, -0.25) is 9.59 Å². The van der Waals surface area contributed by atoms with Crippen LogP contribution in [-0.2, 0) is 4.79 Å². The van der Waals surface area contributed by atoms with Crippen molar-refractivity contribution in [3.63, 3.8) is 0 Å². The first kappa shape index (κ1) is 13.9. The number of amides is 1. The van der Waals surface area contributed by atoms with Gasteiger partial charge in [0.25, 0.3) is 5.91 Å². The Morgan fingerprint density at radius 2 is 2.37 bits per heavy atom. The molecule has 0 fully saturated rings. The molecular formula is C13H15NO4S. The maximum absolute atomic E-state index is 12.2. The average molecular weight is 281 g/mol. The second kappa shape index (κ2) is 6.08. The Bertz CT molecular complexity index is 503. The topological polar surface area (TPSA) is 75.6 Å². The first-order valence-electron chi connectivity index (χ1n) is 5.95. The minimum Gasteiger partial charge on any atom is -0.482 e. The number of fused-ring (bicyclic) bond motifs is 1. The summed E-state index contributed by atoms with van der Waals surface area (Å²) in [6, 6.07) is 5.00. The van der Waals surface area contributed by atoms with Gasteiger partial charge in [-0.2, -0.15) is 0 Å². The number of nitrogens with one attached hydrogen (secondary N) is 1. The minimum atomic E-state index is -0.231. The smallest absolute Gasteiger partial charge is 0.262 e. The van der Waals surface area contributed by atoms with Crippen LogP contribution >= 0.6 is 11.8 Å². The Morgan fingerprint density at radius 1 is 1.58 bits per heavy atom. The molecule has 0 aliphatic carbocycles. The summed E-state index contributed by atoms with van der Waals surface area (Å²) in [6.45, 7) is 1.86. The standard InChI is InChI=1S/C13H15NO4S/c1-8(19-5-4-15)13(17)9-2-3-11-10(6-9)14-12(16)7-18-11/h2-3,6,8,15H,4-5,7H2,1H3,(H,14,16). The molecule has 1 aromatic carbocycles. The van der Waals surface area contributed by atoms with Crippen molar-refractivity contribution in [1.29, 1.82) is 0 Å². The number of thioether (sulfide) groups is 1. The van der Waals surface area contributed by atoms with Crippen molar-refractivity contribution in [2.75, 3.05) is 24.3 Å². The number of Topliss-reactive ketones (excluding diaryl/α,β-unsaturated/α-hetero) is 1. The Hall–Kier alpha value is -1.53. The van der Waals surface area contributed by atoms with Gasteiger partial charge in [0, 0.05) is 11.3 Å². The monoisotopic (exact) mass is 281 g/mol. The van der Waals surface area contributed by atoms with Gasteiger partial charge in [0.15, 0.2) is 12.4 Å². The van der Waals surface area contributed by atoms with E-state index in [0.717, 1.165) is 0 Å². The molecule has 1 aliphatic heterocycles. The summed E-state index contributed by atoms with van der Waals surface area (Å²) in [4.78, 5) is 23.4. The molecule has 2 N–H and O–H groups in total. The summed E-state index contributed by atoms with van der Waals surface area (Å²) in [5.41, 5.74) is 1.06. The molecule has 2 rings (SSSR count). The van der Waals surface area contributed by atoms with Crippen molar-refractivity contribution in [2.24, 2.45) is 0 Å². The lowest BCUT2D eigenvalue weighted by molar-refractivity contribution is -0.118. The van der Waals surface area contributed by atoms with Gasteiger partial charge in [0.2, 0.25) is 0 Å². The molecule has 5 nitrogen and oxygen atoms in total. The van der Waals surface area contributed by atoms with Crippen LogP contribution in [0.15, 0.2) is 18.2 Å². The third-order valence-electron chi connectivity index (χ3n) is 2.73. The van der Waals surface area contributed by atoms with Crippen molar-refractivity contribution >= 4 is 29.1 Å². The molecule has 1 aliphatic rings. The molecule has 1 amide bonds. The zero-order valence-electron chi connectivity index (χ0n) is 10.5. The number of ether oxygens (including phenoxy) is 1. The number of hydrogen-bond acceptors (Lipinski definition) is 5. The van der Waals surface area contributed by atoms with Gasteiger partial charge in [-0.15, -0.1) is 11.8 Å². The molecule has 0 spiro atoms. The second-order valence-corrected chi connectivity index (χ2v) is 5.60. The highest BCUT2D eigenvalue weighted by Gasteiger charge is 2.20. The molecule has 0 saturated carbocycles. The van der Waals surface area contributed by atoms with Gasteiger partial charge in [-0.05, 0) is 25.1 Å². The van der Waals surface area contributed by atoms with Gasteiger partial charge >= 0.3 is 0 Å². The van der Waals surface area contributed by atoms with E-state index in [1.54, 1.807) is 25.1 Å². The number of carbonyl (C=O) groups excluding carboxylic acids is 2. The fraction of sp³-hybridized carbons (Fsp3) is 0.385. The van der Waals surface area contributed by atoms with Gasteiger partial charge < -0.3 is 15.2 Å². The summed E-state index contributed by atoms with van der Waals surface area (Å²) >= 11 is 1.40. The van der Waals surface area contributed by atoms with Crippen LogP contribution in [0.1, 0.15) is 17.3 Å². The number of hydrogen-bond donors (Lipinski definition) is 2. The van der Waals surface area contributed by atoms with E-state index in [9.17, 15) is 9.59 Å². The molecule has 1 heterocycles. The third kappa shape index (κ3) is 3.27. The lowest BCUT2D eigenvalue weighted by Gasteiger charge is -2.19. The highest BCUT2D eigenvalue weighted by Crippen LogP contribution is 2.29. The predicted octanol–water partition coefficient (Wildman–Crippen LogP) is 1.31. The Labute approximate surface area is 115 Å². The van der Waals surface area contributed by atoms with E-state index < -0.39 is 0 Å². The lowest BCUT2D eigenvalue weighted by Crippen LogP contribution is -2.25. The van der Waals surface area contributed by atoms with Crippen LogP contribution in [0.2, 0.25) is 0 Å². The highest BCUT2D eigenvalue weighted by atomic mass is 32.2. The molecule has 1 unspecified atom stereocenters. The maximum Gasteiger partial charge on any atom is 0.262 e. The van der Waals surface area contributed by atoms with Crippen molar-refractivity contribution in [2.45, 2.75) is 12.2 Å². The summed E-state index contributed by atoms with van der Waals surface area (Å²) in [7, 11) is 0. The second-order valence-electron chi connectivity index (χ2n) is 4.15. The molecular weight excluding hydrogens is 266 g/mol. The van der Waals surface area contributed by atoms with E-state index in [-0.39, 0.29) is 30.2 Å². The quantitative estimate of drug-likeness (QED) is 0.796. The van der Waals surface area contributed by atoms with Crippen molar-refractivity contribution < 1.29 is 19.4 Å². The SMILES string of the molecule is CC(SCCO)C(=O)c1ccc2c(c1)NC(=O)CO2. The Balaban J connectivity index is 2.15. The van der Waals surface area contributed by atoms with Gasteiger partial charge in [-0.1, -0.05) is 0 Å². The lowest BCUT2D eigenvalue weighted by atomic mass is 10.1. The molecule has 0 bridgehead atoms. The van der Waals surface area contributed by atoms with Crippen LogP contribution in [0, 0.1) is 0 Å². The highest BCUT2D eigenvalue weighted by molar-refractivity contribution is 8.00. The van der Waals surface area contributed by atoms with E-state index >= 15 is 0 Å². The van der Waals surface area contributed by atoms with Crippen molar-refractivity contribution in [1.82, 2.24) is 0 Å². The predicted molar refractivity (Wildman–Crippen MR) is 73.9 cm³/mol. The number of carbonyl (C=O) groups is 2. The normalized spacial score (nSPS) is 15.2. The zero-order chi connectivity index (χ0) is 13.8. The molecule has 0 saturated heterocycles. The number of anilines is 1. The van der Waals surface area contributed by atoms with Crippen molar-refractivity contribution in [3.05, 3.63) is 23.8 Å². The average Bonchev–Trinajstić information content (AvgIpc) is 2.43. The maximum atomic E-state index is 12.2. The fourth-order valence-corrected chi connectivity index (χ4v) is 2.52. The number of aliphatic hydroxyl groups is 1. The van der Waals surface area contributed by atoms with Crippen LogP contribution in [0.5, 0.6) is 5.75 Å². The summed E-state index contributed by atoms with van der Waals surface area (Å²) in [6.07, 6.45) is 0. The van der Waals surface area contributed by atoms with Gasteiger partial charge in [-0.25, -0.2) is 0 Å². The molecule has 1 atom stereocenters. The number of rotatable bonds is 5. The molecule has 0 aromatic heterocycles. The van der Waals surface area contributed by atoms with Gasteiger partial charge in [0.05, 0.1) is 17.5 Å². The molecule has 19 heavy (non-hydrogen) atoms. The van der Waals surface area contributed by atoms with Crippen LogP contribution in [0.4, 0.5) is 5.69 Å². The first-order chi connectivity index (χ1) is 9.11. The number of aliphatic hydroxyl groups excluding tert-OH is 1. The van der Waals surface area contributed by atoms with Crippen molar-refractivity contribution in [3.8, 4) is 5.75 Å². The van der Waals surface area contributed by atoms with Crippen LogP contribution in [0.25, 0.3) is 0 Å². The third-order valence-corrected chi connectivity index (χ3v) is 3.86. The van der Waals surface area contributed by atoms with E-state index in [1.807, 2.05) is 0 Å². The molecule has 102 valence electrons. The Kier molecular flexibility index (Phi) is 4.44. The van der Waals surface area contributed by atoms with Gasteiger partial charge in [0.1, 0.15) is 5.75 Å². The first-order valence-corrected chi connectivity index (χ1v) is 7.00. The van der Waals surface area contributed by atoms with E-state index in [2.05, 4.69) is 5.32 Å². The summed E-state index contributed by atoms with van der Waals surface area (Å²) in [5, 5.41) is 11.2. The zero-order valence-corrected chi connectivity index (χ0v) is 11.3. The van der Waals surface area contributed by atoms with E-state index in [0.29, 0.717) is 22.8 Å². The van der Waals surface area contributed by atoms with E-state index in [4.69, 9.17) is 9.84 Å². The molecule has 6 heteroatoms. The van der Waals surface area contributed by atoms with Crippen LogP contribution in [-0.4, -0.2) is 41.0 Å². The number of benzene rings is 1. The minimum absolute atomic E-state index is 0.00302. The molecule has 0 radical (unpaired) electrons. The van der Waals surface area contributed by atoms with Crippen LogP contribution in [0.3, 0.4) is 0 Å².